The molecule has 2 heterocycles. The van der Waals surface area contributed by atoms with Gasteiger partial charge in [-0.25, -0.2) is 13.1 Å². The van der Waals surface area contributed by atoms with E-state index in [0.717, 1.165) is 30.8 Å². The molecule has 7 heteroatoms. The van der Waals surface area contributed by atoms with Crippen molar-refractivity contribution in [1.29, 1.82) is 0 Å². The van der Waals surface area contributed by atoms with Crippen LogP contribution in [-0.4, -0.2) is 34.0 Å². The second-order valence-corrected chi connectivity index (χ2v) is 10.1. The lowest BCUT2D eigenvalue weighted by Gasteiger charge is -2.32. The zero-order valence-corrected chi connectivity index (χ0v) is 18.2. The summed E-state index contributed by atoms with van der Waals surface area (Å²) in [5.41, 5.74) is 2.87. The Bertz CT molecular complexity index is 987. The largest absolute Gasteiger partial charge is 0.371 e. The highest BCUT2D eigenvalue weighted by Gasteiger charge is 2.22. The molecule has 0 saturated carbocycles. The Kier molecular flexibility index (Phi) is 6.11. The van der Waals surface area contributed by atoms with Crippen LogP contribution in [0, 0.1) is 5.92 Å². The van der Waals surface area contributed by atoms with Gasteiger partial charge in [-0.3, -0.25) is 4.79 Å². The van der Waals surface area contributed by atoms with E-state index in [-0.39, 0.29) is 17.3 Å². The first kappa shape index (κ1) is 20.9. The van der Waals surface area contributed by atoms with E-state index in [1.165, 1.54) is 18.5 Å². The number of benzene rings is 2. The summed E-state index contributed by atoms with van der Waals surface area (Å²) in [4.78, 5) is 16.2. The number of nitrogens with zero attached hydrogens (tertiary/aromatic N) is 2. The van der Waals surface area contributed by atoms with Crippen LogP contribution >= 0.6 is 0 Å². The molecule has 1 unspecified atom stereocenters. The molecule has 2 aromatic carbocycles. The van der Waals surface area contributed by atoms with Gasteiger partial charge in [0.15, 0.2) is 0 Å². The first-order chi connectivity index (χ1) is 14.4. The number of hydrogen-bond acceptors (Lipinski definition) is 4. The predicted octanol–water partition coefficient (Wildman–Crippen LogP) is 3.53. The summed E-state index contributed by atoms with van der Waals surface area (Å²) in [7, 11) is -3.61. The van der Waals surface area contributed by atoms with Crippen molar-refractivity contribution in [2.24, 2.45) is 5.92 Å². The van der Waals surface area contributed by atoms with Gasteiger partial charge in [-0.05, 0) is 67.1 Å². The van der Waals surface area contributed by atoms with Gasteiger partial charge in [0.1, 0.15) is 0 Å². The third kappa shape index (κ3) is 4.68. The van der Waals surface area contributed by atoms with Crippen molar-refractivity contribution < 1.29 is 13.2 Å². The van der Waals surface area contributed by atoms with Crippen LogP contribution in [0.5, 0.6) is 0 Å². The predicted molar refractivity (Wildman–Crippen MR) is 119 cm³/mol. The quantitative estimate of drug-likeness (QED) is 0.766. The smallest absolute Gasteiger partial charge is 0.240 e. The van der Waals surface area contributed by atoms with E-state index < -0.39 is 10.0 Å². The topological polar surface area (TPSA) is 69.7 Å². The lowest BCUT2D eigenvalue weighted by molar-refractivity contribution is -0.117. The first-order valence-corrected chi connectivity index (χ1v) is 12.1. The number of amides is 1. The van der Waals surface area contributed by atoms with E-state index >= 15 is 0 Å². The molecule has 0 bridgehead atoms. The summed E-state index contributed by atoms with van der Waals surface area (Å²) in [6.45, 7) is 5.37. The Morgan fingerprint density at radius 2 is 1.67 bits per heavy atom. The monoisotopic (exact) mass is 427 g/mol. The molecule has 4 rings (SSSR count). The van der Waals surface area contributed by atoms with E-state index in [2.05, 4.69) is 28.7 Å². The molecule has 1 amide bonds. The van der Waals surface area contributed by atoms with E-state index in [9.17, 15) is 13.2 Å². The molecule has 0 aromatic heterocycles. The maximum absolute atomic E-state index is 12.7. The molecule has 6 nitrogen and oxygen atoms in total. The van der Waals surface area contributed by atoms with Gasteiger partial charge >= 0.3 is 0 Å². The maximum Gasteiger partial charge on any atom is 0.240 e. The van der Waals surface area contributed by atoms with Gasteiger partial charge in [-0.2, -0.15) is 0 Å². The first-order valence-electron chi connectivity index (χ1n) is 10.7. The highest BCUT2D eigenvalue weighted by atomic mass is 32.2. The minimum absolute atomic E-state index is 0.0891. The molecule has 0 radical (unpaired) electrons. The number of carbonyl (C=O) groups is 1. The highest BCUT2D eigenvalue weighted by molar-refractivity contribution is 7.89. The van der Waals surface area contributed by atoms with Crippen molar-refractivity contribution in [1.82, 2.24) is 4.72 Å². The Hall–Kier alpha value is -2.38. The third-order valence-corrected chi connectivity index (χ3v) is 7.37. The van der Waals surface area contributed by atoms with Gasteiger partial charge in [0, 0.05) is 44.0 Å². The summed E-state index contributed by atoms with van der Waals surface area (Å²) in [5.74, 6) is 0.798. The van der Waals surface area contributed by atoms with E-state index in [1.54, 1.807) is 29.2 Å². The Balaban J connectivity index is 1.37. The SMILES string of the molecule is CC1CCCN(c2ccc(CNS(=O)(=O)c3ccc(N4CCCC4=O)cc3)cc2)C1. The summed E-state index contributed by atoms with van der Waals surface area (Å²) in [6, 6.07) is 14.6. The molecular weight excluding hydrogens is 398 g/mol. The highest BCUT2D eigenvalue weighted by Crippen LogP contribution is 2.24. The zero-order chi connectivity index (χ0) is 21.1. The van der Waals surface area contributed by atoms with Crippen LogP contribution in [0.2, 0.25) is 0 Å². The standard InChI is InChI=1S/C23H29N3O3S/c1-18-4-2-14-25(17-18)20-8-6-19(7-9-20)16-24-30(28,29)22-12-10-21(11-13-22)26-15-3-5-23(26)27/h6-13,18,24H,2-5,14-17H2,1H3. The van der Waals surface area contributed by atoms with Crippen molar-refractivity contribution in [3.05, 3.63) is 54.1 Å². The minimum atomic E-state index is -3.61. The van der Waals surface area contributed by atoms with Crippen molar-refractivity contribution in [3.63, 3.8) is 0 Å². The molecule has 30 heavy (non-hydrogen) atoms. The van der Waals surface area contributed by atoms with Gasteiger partial charge in [0.05, 0.1) is 4.90 Å². The normalized spacial score (nSPS) is 20.0. The van der Waals surface area contributed by atoms with Crippen molar-refractivity contribution in [3.8, 4) is 0 Å². The average Bonchev–Trinajstić information content (AvgIpc) is 3.19. The molecule has 1 N–H and O–H groups in total. The summed E-state index contributed by atoms with van der Waals surface area (Å²) >= 11 is 0. The average molecular weight is 428 g/mol. The van der Waals surface area contributed by atoms with Gasteiger partial charge < -0.3 is 9.80 Å². The molecule has 2 aliphatic heterocycles. The van der Waals surface area contributed by atoms with Crippen LogP contribution in [-0.2, 0) is 21.4 Å². The molecule has 2 fully saturated rings. The van der Waals surface area contributed by atoms with Crippen LogP contribution < -0.4 is 14.5 Å². The molecule has 0 spiro atoms. The fraction of sp³-hybridized carbons (Fsp3) is 0.435. The van der Waals surface area contributed by atoms with E-state index in [0.29, 0.717) is 18.9 Å². The Labute approximate surface area is 178 Å². The minimum Gasteiger partial charge on any atom is -0.371 e. The summed E-state index contributed by atoms with van der Waals surface area (Å²) in [5, 5.41) is 0. The van der Waals surface area contributed by atoms with E-state index in [4.69, 9.17) is 0 Å². The van der Waals surface area contributed by atoms with Crippen LogP contribution in [0.4, 0.5) is 11.4 Å². The van der Waals surface area contributed by atoms with Crippen molar-refractivity contribution in [2.75, 3.05) is 29.4 Å². The van der Waals surface area contributed by atoms with Gasteiger partial charge in [0.25, 0.3) is 0 Å². The second kappa shape index (κ2) is 8.78. The number of nitrogens with one attached hydrogen (secondary N) is 1. The molecular formula is C23H29N3O3S. The van der Waals surface area contributed by atoms with E-state index in [1.807, 2.05) is 12.1 Å². The Morgan fingerprint density at radius 3 is 2.30 bits per heavy atom. The fourth-order valence-electron chi connectivity index (χ4n) is 4.24. The molecule has 2 saturated heterocycles. The summed E-state index contributed by atoms with van der Waals surface area (Å²) in [6.07, 6.45) is 3.90. The van der Waals surface area contributed by atoms with Crippen LogP contribution in [0.1, 0.15) is 38.2 Å². The number of hydrogen-bond donors (Lipinski definition) is 1. The third-order valence-electron chi connectivity index (χ3n) is 5.96. The molecule has 1 atom stereocenters. The molecule has 2 aromatic rings. The maximum atomic E-state index is 12.7. The van der Waals surface area contributed by atoms with Crippen LogP contribution in [0.15, 0.2) is 53.4 Å². The lowest BCUT2D eigenvalue weighted by atomic mass is 9.99. The molecule has 2 aliphatic rings. The lowest BCUT2D eigenvalue weighted by Crippen LogP contribution is -2.34. The zero-order valence-electron chi connectivity index (χ0n) is 17.4. The van der Waals surface area contributed by atoms with Crippen molar-refractivity contribution in [2.45, 2.75) is 44.0 Å². The van der Waals surface area contributed by atoms with Gasteiger partial charge in [0.2, 0.25) is 15.9 Å². The second-order valence-electron chi connectivity index (χ2n) is 8.33. The van der Waals surface area contributed by atoms with Crippen molar-refractivity contribution >= 4 is 27.3 Å². The van der Waals surface area contributed by atoms with Gasteiger partial charge in [-0.15, -0.1) is 0 Å². The number of piperidine rings is 1. The van der Waals surface area contributed by atoms with Crippen LogP contribution in [0.3, 0.4) is 0 Å². The summed E-state index contributed by atoms with van der Waals surface area (Å²) < 4.78 is 28.0. The van der Waals surface area contributed by atoms with Gasteiger partial charge in [-0.1, -0.05) is 19.1 Å². The number of sulfonamides is 1. The number of anilines is 2. The van der Waals surface area contributed by atoms with Crippen LogP contribution in [0.25, 0.3) is 0 Å². The molecule has 0 aliphatic carbocycles. The fourth-order valence-corrected chi connectivity index (χ4v) is 5.25. The molecule has 160 valence electrons. The number of carbonyl (C=O) groups excluding carboxylic acids is 1. The number of rotatable bonds is 6. The Morgan fingerprint density at radius 1 is 0.967 bits per heavy atom.